The van der Waals surface area contributed by atoms with Gasteiger partial charge in [-0.2, -0.15) is 0 Å². The molecule has 1 rings (SSSR count). The summed E-state index contributed by atoms with van der Waals surface area (Å²) in [5.74, 6) is 0.522. The van der Waals surface area contributed by atoms with Crippen LogP contribution >= 0.6 is 0 Å². The molecule has 84 valence electrons. The molecule has 0 aromatic rings. The van der Waals surface area contributed by atoms with Crippen LogP contribution in [0.2, 0.25) is 0 Å². The standard InChI is InChI=1S/C11H23NO2/c1-9(8-14-2)7-12-10-5-3-4-6-11(10)13/h9-13H,3-8H2,1-2H3/t9?,10-,11-/m0/s1. The summed E-state index contributed by atoms with van der Waals surface area (Å²) in [6.07, 6.45) is 4.34. The normalized spacial score (nSPS) is 30.2. The summed E-state index contributed by atoms with van der Waals surface area (Å²) in [6, 6.07) is 0.308. The van der Waals surface area contributed by atoms with E-state index in [0.717, 1.165) is 26.0 Å². The van der Waals surface area contributed by atoms with Crippen LogP contribution in [-0.2, 0) is 4.74 Å². The molecule has 0 aliphatic heterocycles. The second kappa shape index (κ2) is 6.38. The number of aliphatic hydroxyl groups excluding tert-OH is 1. The summed E-state index contributed by atoms with van der Waals surface area (Å²) >= 11 is 0. The molecule has 1 aliphatic rings. The first-order valence-corrected chi connectivity index (χ1v) is 5.64. The van der Waals surface area contributed by atoms with E-state index in [1.165, 1.54) is 12.8 Å². The second-order valence-corrected chi connectivity index (χ2v) is 4.43. The van der Waals surface area contributed by atoms with E-state index >= 15 is 0 Å². The van der Waals surface area contributed by atoms with Crippen LogP contribution in [0, 0.1) is 5.92 Å². The maximum atomic E-state index is 9.72. The van der Waals surface area contributed by atoms with Crippen LogP contribution in [0.5, 0.6) is 0 Å². The molecule has 1 unspecified atom stereocenters. The van der Waals surface area contributed by atoms with Gasteiger partial charge >= 0.3 is 0 Å². The lowest BCUT2D eigenvalue weighted by atomic mass is 9.92. The average molecular weight is 201 g/mol. The van der Waals surface area contributed by atoms with E-state index in [9.17, 15) is 5.11 Å². The van der Waals surface area contributed by atoms with Crippen molar-refractivity contribution in [1.82, 2.24) is 5.32 Å². The van der Waals surface area contributed by atoms with Gasteiger partial charge in [0, 0.05) is 26.3 Å². The van der Waals surface area contributed by atoms with Crippen molar-refractivity contribution in [2.24, 2.45) is 5.92 Å². The molecule has 0 aromatic heterocycles. The van der Waals surface area contributed by atoms with Crippen LogP contribution in [0.1, 0.15) is 32.6 Å². The summed E-state index contributed by atoms with van der Waals surface area (Å²) in [7, 11) is 1.73. The van der Waals surface area contributed by atoms with Crippen LogP contribution in [0.15, 0.2) is 0 Å². The topological polar surface area (TPSA) is 41.5 Å². The van der Waals surface area contributed by atoms with Gasteiger partial charge in [0.25, 0.3) is 0 Å². The predicted octanol–water partition coefficient (Wildman–Crippen LogP) is 1.16. The number of aliphatic hydroxyl groups is 1. The minimum absolute atomic E-state index is 0.140. The van der Waals surface area contributed by atoms with Gasteiger partial charge in [0.05, 0.1) is 6.10 Å². The summed E-state index contributed by atoms with van der Waals surface area (Å²) < 4.78 is 5.07. The van der Waals surface area contributed by atoms with E-state index in [4.69, 9.17) is 4.74 Å². The van der Waals surface area contributed by atoms with Crippen molar-refractivity contribution in [3.63, 3.8) is 0 Å². The quantitative estimate of drug-likeness (QED) is 0.701. The average Bonchev–Trinajstić information content (AvgIpc) is 2.17. The number of hydrogen-bond acceptors (Lipinski definition) is 3. The van der Waals surface area contributed by atoms with Crippen LogP contribution in [-0.4, -0.2) is 37.5 Å². The molecule has 3 atom stereocenters. The molecule has 2 N–H and O–H groups in total. The summed E-state index contributed by atoms with van der Waals surface area (Å²) in [6.45, 7) is 3.89. The maximum Gasteiger partial charge on any atom is 0.0693 e. The highest BCUT2D eigenvalue weighted by Gasteiger charge is 2.22. The predicted molar refractivity (Wildman–Crippen MR) is 57.3 cm³/mol. The van der Waals surface area contributed by atoms with Gasteiger partial charge in [-0.3, -0.25) is 0 Å². The summed E-state index contributed by atoms with van der Waals surface area (Å²) in [4.78, 5) is 0. The molecule has 0 heterocycles. The highest BCUT2D eigenvalue weighted by atomic mass is 16.5. The molecule has 3 heteroatoms. The molecular weight excluding hydrogens is 178 g/mol. The minimum Gasteiger partial charge on any atom is -0.392 e. The third-order valence-corrected chi connectivity index (χ3v) is 2.91. The molecule has 0 spiro atoms. The van der Waals surface area contributed by atoms with Crippen molar-refractivity contribution in [2.75, 3.05) is 20.3 Å². The third-order valence-electron chi connectivity index (χ3n) is 2.91. The second-order valence-electron chi connectivity index (χ2n) is 4.43. The molecule has 0 radical (unpaired) electrons. The Bertz CT molecular complexity index is 152. The van der Waals surface area contributed by atoms with Crippen molar-refractivity contribution in [3.8, 4) is 0 Å². The summed E-state index contributed by atoms with van der Waals surface area (Å²) in [5.41, 5.74) is 0. The Hall–Kier alpha value is -0.120. The van der Waals surface area contributed by atoms with Crippen molar-refractivity contribution in [2.45, 2.75) is 44.8 Å². The van der Waals surface area contributed by atoms with Crippen molar-refractivity contribution in [1.29, 1.82) is 0 Å². The molecule has 0 aromatic carbocycles. The zero-order valence-electron chi connectivity index (χ0n) is 9.33. The van der Waals surface area contributed by atoms with Crippen LogP contribution < -0.4 is 5.32 Å². The van der Waals surface area contributed by atoms with Gasteiger partial charge in [-0.15, -0.1) is 0 Å². The molecule has 3 nitrogen and oxygen atoms in total. The first-order valence-electron chi connectivity index (χ1n) is 5.64. The number of ether oxygens (including phenoxy) is 1. The lowest BCUT2D eigenvalue weighted by Gasteiger charge is -2.29. The molecule has 14 heavy (non-hydrogen) atoms. The maximum absolute atomic E-state index is 9.72. The van der Waals surface area contributed by atoms with Gasteiger partial charge in [0.15, 0.2) is 0 Å². The largest absolute Gasteiger partial charge is 0.392 e. The molecule has 1 fully saturated rings. The Kier molecular flexibility index (Phi) is 5.45. The first kappa shape index (κ1) is 12.0. The lowest BCUT2D eigenvalue weighted by molar-refractivity contribution is 0.0846. The van der Waals surface area contributed by atoms with Gasteiger partial charge in [-0.05, 0) is 18.8 Å². The summed E-state index contributed by atoms with van der Waals surface area (Å²) in [5, 5.41) is 13.1. The minimum atomic E-state index is -0.140. The van der Waals surface area contributed by atoms with Crippen molar-refractivity contribution < 1.29 is 9.84 Å². The number of nitrogens with one attached hydrogen (secondary N) is 1. The monoisotopic (exact) mass is 201 g/mol. The molecule has 1 aliphatic carbocycles. The number of rotatable bonds is 5. The zero-order chi connectivity index (χ0) is 10.4. The van der Waals surface area contributed by atoms with Crippen LogP contribution in [0.3, 0.4) is 0 Å². The fraction of sp³-hybridized carbons (Fsp3) is 1.00. The SMILES string of the molecule is COCC(C)CN[C@H]1CCCC[C@@H]1O. The smallest absolute Gasteiger partial charge is 0.0693 e. The fourth-order valence-electron chi connectivity index (χ4n) is 2.05. The van der Waals surface area contributed by atoms with Gasteiger partial charge in [0.2, 0.25) is 0 Å². The highest BCUT2D eigenvalue weighted by molar-refractivity contribution is 4.80. The van der Waals surface area contributed by atoms with Crippen molar-refractivity contribution in [3.05, 3.63) is 0 Å². The Morgan fingerprint density at radius 3 is 2.79 bits per heavy atom. The zero-order valence-corrected chi connectivity index (χ0v) is 9.33. The van der Waals surface area contributed by atoms with Gasteiger partial charge in [-0.1, -0.05) is 19.8 Å². The Morgan fingerprint density at radius 2 is 2.14 bits per heavy atom. The Balaban J connectivity index is 2.15. The van der Waals surface area contributed by atoms with E-state index in [2.05, 4.69) is 12.2 Å². The van der Waals surface area contributed by atoms with E-state index < -0.39 is 0 Å². The first-order chi connectivity index (χ1) is 6.74. The van der Waals surface area contributed by atoms with E-state index in [1.807, 2.05) is 0 Å². The van der Waals surface area contributed by atoms with Gasteiger partial charge in [-0.25, -0.2) is 0 Å². The van der Waals surface area contributed by atoms with Crippen molar-refractivity contribution >= 4 is 0 Å². The van der Waals surface area contributed by atoms with E-state index in [-0.39, 0.29) is 6.10 Å². The Labute approximate surface area is 86.8 Å². The molecule has 1 saturated carbocycles. The number of hydrogen-bond donors (Lipinski definition) is 2. The third kappa shape index (κ3) is 3.95. The van der Waals surface area contributed by atoms with Crippen LogP contribution in [0.25, 0.3) is 0 Å². The van der Waals surface area contributed by atoms with E-state index in [1.54, 1.807) is 7.11 Å². The van der Waals surface area contributed by atoms with Gasteiger partial charge in [0.1, 0.15) is 0 Å². The van der Waals surface area contributed by atoms with Gasteiger partial charge < -0.3 is 15.2 Å². The number of methoxy groups -OCH3 is 1. The Morgan fingerprint density at radius 1 is 1.43 bits per heavy atom. The molecule has 0 amide bonds. The fourth-order valence-corrected chi connectivity index (χ4v) is 2.05. The van der Waals surface area contributed by atoms with E-state index in [0.29, 0.717) is 12.0 Å². The highest BCUT2D eigenvalue weighted by Crippen LogP contribution is 2.18. The van der Waals surface area contributed by atoms with Crippen LogP contribution in [0.4, 0.5) is 0 Å². The molecular formula is C11H23NO2. The molecule has 0 bridgehead atoms. The molecule has 0 saturated heterocycles. The lowest BCUT2D eigenvalue weighted by Crippen LogP contribution is -2.44.